The number of halogens is 2. The highest BCUT2D eigenvalue weighted by molar-refractivity contribution is 6.30. The van der Waals surface area contributed by atoms with Crippen molar-refractivity contribution in [1.29, 1.82) is 0 Å². The number of hydrogen-bond acceptors (Lipinski definition) is 6. The molecule has 1 saturated carbocycles. The van der Waals surface area contributed by atoms with Gasteiger partial charge in [0.25, 0.3) is 11.5 Å². The monoisotopic (exact) mass is 457 g/mol. The molecule has 0 radical (unpaired) electrons. The third kappa shape index (κ3) is 4.63. The van der Waals surface area contributed by atoms with E-state index in [2.05, 4.69) is 25.6 Å². The molecule has 1 amide bonds. The number of nitrogens with zero attached hydrogens (tertiary/aromatic N) is 2. The van der Waals surface area contributed by atoms with E-state index in [1.807, 2.05) is 0 Å². The average molecular weight is 458 g/mol. The van der Waals surface area contributed by atoms with Crippen LogP contribution in [0, 0.1) is 5.82 Å². The van der Waals surface area contributed by atoms with Crippen molar-refractivity contribution in [1.82, 2.24) is 20.3 Å². The number of anilines is 2. The van der Waals surface area contributed by atoms with E-state index in [-0.39, 0.29) is 35.0 Å². The van der Waals surface area contributed by atoms with E-state index in [0.29, 0.717) is 16.4 Å². The molecule has 2 heterocycles. The minimum atomic E-state index is -0.579. The van der Waals surface area contributed by atoms with Crippen molar-refractivity contribution in [3.63, 3.8) is 0 Å². The zero-order valence-corrected chi connectivity index (χ0v) is 17.9. The Labute approximate surface area is 187 Å². The van der Waals surface area contributed by atoms with Crippen LogP contribution in [-0.4, -0.2) is 38.6 Å². The number of carbonyl (C=O) groups excluding carboxylic acids is 1. The topological polar surface area (TPSA) is 120 Å². The van der Waals surface area contributed by atoms with Crippen LogP contribution in [0.4, 0.5) is 15.9 Å². The third-order valence-corrected chi connectivity index (χ3v) is 5.37. The van der Waals surface area contributed by atoms with E-state index in [4.69, 9.17) is 11.6 Å². The summed E-state index contributed by atoms with van der Waals surface area (Å²) in [7, 11) is 0. The van der Waals surface area contributed by atoms with Crippen LogP contribution >= 0.6 is 11.6 Å². The van der Waals surface area contributed by atoms with Crippen LogP contribution in [0.3, 0.4) is 0 Å². The summed E-state index contributed by atoms with van der Waals surface area (Å²) >= 11 is 6.02. The molecule has 1 fully saturated rings. The first-order valence-corrected chi connectivity index (χ1v) is 10.5. The zero-order valence-electron chi connectivity index (χ0n) is 17.2. The lowest BCUT2D eigenvalue weighted by atomic mass is 10.0. The van der Waals surface area contributed by atoms with Crippen LogP contribution < -0.4 is 16.2 Å². The molecule has 8 nitrogen and oxygen atoms in total. The molecule has 1 atom stereocenters. The van der Waals surface area contributed by atoms with Gasteiger partial charge < -0.3 is 20.7 Å². The largest absolute Gasteiger partial charge is 0.394 e. The summed E-state index contributed by atoms with van der Waals surface area (Å²) in [6, 6.07) is 5.09. The normalized spacial score (nSPS) is 14.1. The summed E-state index contributed by atoms with van der Waals surface area (Å²) in [6.07, 6.45) is 4.45. The highest BCUT2D eigenvalue weighted by atomic mass is 35.5. The number of nitrogens with one attached hydrogen (secondary N) is 3. The summed E-state index contributed by atoms with van der Waals surface area (Å²) in [5.41, 5.74) is 1.07. The summed E-state index contributed by atoms with van der Waals surface area (Å²) in [6.45, 7) is 1.44. The molecular formula is C22H21ClFN5O3. The van der Waals surface area contributed by atoms with Crippen LogP contribution in [-0.2, 0) is 0 Å². The van der Waals surface area contributed by atoms with Crippen LogP contribution in [0.15, 0.2) is 41.6 Å². The maximum absolute atomic E-state index is 14.5. The second kappa shape index (κ2) is 9.05. The second-order valence-corrected chi connectivity index (χ2v) is 8.14. The van der Waals surface area contributed by atoms with Gasteiger partial charge in [0.15, 0.2) is 0 Å². The molecular weight excluding hydrogens is 437 g/mol. The minimum absolute atomic E-state index is 0.0709. The Morgan fingerprint density at radius 1 is 1.34 bits per heavy atom. The molecule has 0 aliphatic heterocycles. The molecule has 1 aliphatic rings. The molecule has 10 heteroatoms. The molecule has 1 aliphatic carbocycles. The number of aliphatic hydroxyl groups excluding tert-OH is 1. The van der Waals surface area contributed by atoms with Gasteiger partial charge in [0.2, 0.25) is 0 Å². The molecule has 4 N–H and O–H groups in total. The summed E-state index contributed by atoms with van der Waals surface area (Å²) in [4.78, 5) is 36.3. The fourth-order valence-electron chi connectivity index (χ4n) is 3.32. The number of rotatable bonds is 7. The number of pyridine rings is 1. The smallest absolute Gasteiger partial charge is 0.256 e. The standard InChI is InChI=1S/C22H21ClFN5O3/c1-11(9-30)27-22(32)16-8-25-10-26-20(16)28-18-7-15(14-6-13(23)4-5-17(14)24)21(31)29-19(18)12-2-3-12/h4-8,10-12,30H,2-3,9H2,1H3,(H,27,32)(H,29,31)(H,25,26,28). The van der Waals surface area contributed by atoms with Crippen molar-refractivity contribution in [2.75, 3.05) is 11.9 Å². The molecule has 0 spiro atoms. The van der Waals surface area contributed by atoms with Gasteiger partial charge in [-0.15, -0.1) is 0 Å². The maximum atomic E-state index is 14.5. The maximum Gasteiger partial charge on any atom is 0.256 e. The Morgan fingerprint density at radius 2 is 2.12 bits per heavy atom. The van der Waals surface area contributed by atoms with Crippen LogP contribution in [0.2, 0.25) is 5.02 Å². The number of carbonyl (C=O) groups is 1. The van der Waals surface area contributed by atoms with Crippen LogP contribution in [0.5, 0.6) is 0 Å². The number of benzene rings is 1. The first kappa shape index (κ1) is 21.9. The van der Waals surface area contributed by atoms with Crippen molar-refractivity contribution in [2.24, 2.45) is 0 Å². The molecule has 32 heavy (non-hydrogen) atoms. The Kier molecular flexibility index (Phi) is 6.20. The Bertz CT molecular complexity index is 1230. The Balaban J connectivity index is 1.77. The highest BCUT2D eigenvalue weighted by Crippen LogP contribution is 2.43. The van der Waals surface area contributed by atoms with Gasteiger partial charge in [-0.25, -0.2) is 14.4 Å². The fourth-order valence-corrected chi connectivity index (χ4v) is 3.49. The summed E-state index contributed by atoms with van der Waals surface area (Å²) < 4.78 is 14.5. The predicted molar refractivity (Wildman–Crippen MR) is 119 cm³/mol. The first-order valence-electron chi connectivity index (χ1n) is 10.1. The van der Waals surface area contributed by atoms with Gasteiger partial charge in [-0.3, -0.25) is 9.59 Å². The number of amides is 1. The highest BCUT2D eigenvalue weighted by Gasteiger charge is 2.29. The van der Waals surface area contributed by atoms with E-state index in [0.717, 1.165) is 12.8 Å². The van der Waals surface area contributed by atoms with Crippen molar-refractivity contribution in [3.05, 3.63) is 69.2 Å². The molecule has 3 aromatic rings. The zero-order chi connectivity index (χ0) is 22.8. The first-order chi connectivity index (χ1) is 15.4. The molecule has 166 valence electrons. The number of H-pyrrole nitrogens is 1. The van der Waals surface area contributed by atoms with Crippen molar-refractivity contribution in [3.8, 4) is 11.1 Å². The molecule has 1 aromatic carbocycles. The number of aliphatic hydroxyl groups is 1. The third-order valence-electron chi connectivity index (χ3n) is 5.14. The minimum Gasteiger partial charge on any atom is -0.394 e. The lowest BCUT2D eigenvalue weighted by molar-refractivity contribution is 0.0922. The van der Waals surface area contributed by atoms with Gasteiger partial charge >= 0.3 is 0 Å². The van der Waals surface area contributed by atoms with Gasteiger partial charge in [0.1, 0.15) is 23.5 Å². The lowest BCUT2D eigenvalue weighted by Gasteiger charge is -2.16. The van der Waals surface area contributed by atoms with Gasteiger partial charge in [-0.05, 0) is 44.0 Å². The van der Waals surface area contributed by atoms with Gasteiger partial charge in [0.05, 0.1) is 17.9 Å². The molecule has 1 unspecified atom stereocenters. The lowest BCUT2D eigenvalue weighted by Crippen LogP contribution is -2.35. The van der Waals surface area contributed by atoms with Crippen LogP contribution in [0.1, 0.15) is 41.7 Å². The summed E-state index contributed by atoms with van der Waals surface area (Å²) in [5, 5.41) is 15.3. The Morgan fingerprint density at radius 3 is 2.84 bits per heavy atom. The Hall–Kier alpha value is -3.30. The van der Waals surface area contributed by atoms with E-state index in [9.17, 15) is 19.1 Å². The number of hydrogen-bond donors (Lipinski definition) is 4. The SMILES string of the molecule is CC(CO)NC(=O)c1cncnc1Nc1cc(-c2cc(Cl)ccc2F)c(=O)[nH]c1C1CC1. The van der Waals surface area contributed by atoms with Crippen LogP contribution in [0.25, 0.3) is 11.1 Å². The molecule has 4 rings (SSSR count). The van der Waals surface area contributed by atoms with Crippen molar-refractivity contribution >= 4 is 29.0 Å². The van der Waals surface area contributed by atoms with E-state index in [1.165, 1.54) is 30.7 Å². The predicted octanol–water partition coefficient (Wildman–Crippen LogP) is 3.36. The number of aromatic amines is 1. The van der Waals surface area contributed by atoms with E-state index >= 15 is 0 Å². The second-order valence-electron chi connectivity index (χ2n) is 7.71. The van der Waals surface area contributed by atoms with Crippen molar-refractivity contribution < 1.29 is 14.3 Å². The quantitative estimate of drug-likeness (QED) is 0.432. The fraction of sp³-hybridized carbons (Fsp3) is 0.273. The van der Waals surface area contributed by atoms with Crippen molar-refractivity contribution in [2.45, 2.75) is 31.7 Å². The summed E-state index contributed by atoms with van der Waals surface area (Å²) in [5.74, 6) is -0.677. The van der Waals surface area contributed by atoms with E-state index < -0.39 is 23.3 Å². The molecule has 0 saturated heterocycles. The number of aromatic nitrogens is 3. The van der Waals surface area contributed by atoms with Gasteiger partial charge in [-0.1, -0.05) is 11.6 Å². The van der Waals surface area contributed by atoms with E-state index in [1.54, 1.807) is 13.0 Å². The van der Waals surface area contributed by atoms with Gasteiger partial charge in [-0.2, -0.15) is 0 Å². The molecule has 2 aromatic heterocycles. The van der Waals surface area contributed by atoms with Gasteiger partial charge in [0, 0.05) is 34.4 Å². The molecule has 0 bridgehead atoms. The average Bonchev–Trinajstić information content (AvgIpc) is 3.62.